The lowest BCUT2D eigenvalue weighted by Crippen LogP contribution is -2.14. The number of nitro benzene ring substituents is 1. The molecule has 0 radical (unpaired) electrons. The van der Waals surface area contributed by atoms with Crippen LogP contribution in [0.25, 0.3) is 0 Å². The van der Waals surface area contributed by atoms with Crippen LogP contribution in [0.1, 0.15) is 42.6 Å². The summed E-state index contributed by atoms with van der Waals surface area (Å²) in [6.45, 7) is 6.40. The van der Waals surface area contributed by atoms with Crippen LogP contribution < -0.4 is 10.6 Å². The van der Waals surface area contributed by atoms with Crippen LogP contribution in [0.15, 0.2) is 46.4 Å². The Kier molecular flexibility index (Phi) is 5.46. The number of benzene rings is 1. The van der Waals surface area contributed by atoms with Gasteiger partial charge in [-0.15, -0.1) is 11.3 Å². The maximum absolute atomic E-state index is 12.5. The molecule has 2 aromatic heterocycles. The number of hydrogen-bond acceptors (Lipinski definition) is 7. The average molecular weight is 400 g/mol. The molecule has 9 heteroatoms. The molecule has 0 saturated carbocycles. The third kappa shape index (κ3) is 4.55. The van der Waals surface area contributed by atoms with E-state index in [9.17, 15) is 14.9 Å². The van der Waals surface area contributed by atoms with Gasteiger partial charge in [-0.25, -0.2) is 4.98 Å². The van der Waals surface area contributed by atoms with Gasteiger partial charge in [0.05, 0.1) is 23.4 Å². The molecule has 2 N–H and O–H groups in total. The third-order valence-electron chi connectivity index (χ3n) is 3.98. The number of aromatic nitrogens is 1. The van der Waals surface area contributed by atoms with Gasteiger partial charge in [-0.1, -0.05) is 20.8 Å². The summed E-state index contributed by atoms with van der Waals surface area (Å²) in [4.78, 5) is 27.8. The molecule has 8 nitrogen and oxygen atoms in total. The first kappa shape index (κ1) is 19.6. The van der Waals surface area contributed by atoms with Gasteiger partial charge in [-0.05, 0) is 24.3 Å². The summed E-state index contributed by atoms with van der Waals surface area (Å²) >= 11 is 1.32. The van der Waals surface area contributed by atoms with E-state index in [1.54, 1.807) is 12.1 Å². The van der Waals surface area contributed by atoms with Gasteiger partial charge >= 0.3 is 0 Å². The Hall–Kier alpha value is -3.20. The molecule has 0 atom stereocenters. The predicted octanol–water partition coefficient (Wildman–Crippen LogP) is 4.81. The molecule has 0 saturated heterocycles. The number of hydrogen-bond donors (Lipinski definition) is 2. The van der Waals surface area contributed by atoms with Crippen molar-refractivity contribution in [2.24, 2.45) is 0 Å². The fraction of sp³-hybridized carbons (Fsp3) is 0.263. The van der Waals surface area contributed by atoms with E-state index >= 15 is 0 Å². The SMILES string of the molecule is CC(C)(C)c1csc(NC(=O)c2ccc(NCc3ccco3)c([N+](=O)[O-])c2)n1. The standard InChI is InChI=1S/C19H20N4O4S/c1-19(2,3)16-11-28-18(21-16)22-17(24)12-6-7-14(15(9-12)23(25)26)20-10-13-5-4-8-27-13/h4-9,11,20H,10H2,1-3H3,(H,21,22,24). The van der Waals surface area contributed by atoms with E-state index in [1.807, 2.05) is 26.2 Å². The number of carbonyl (C=O) groups excluding carboxylic acids is 1. The van der Waals surface area contributed by atoms with Crippen molar-refractivity contribution in [3.63, 3.8) is 0 Å². The highest BCUT2D eigenvalue weighted by Crippen LogP contribution is 2.29. The van der Waals surface area contributed by atoms with Gasteiger partial charge in [-0.3, -0.25) is 20.2 Å². The number of nitro groups is 1. The van der Waals surface area contributed by atoms with Crippen LogP contribution in [-0.4, -0.2) is 15.8 Å². The van der Waals surface area contributed by atoms with Gasteiger partial charge in [0.2, 0.25) is 0 Å². The second-order valence-corrected chi connectivity index (χ2v) is 8.02. The molecule has 0 bridgehead atoms. The van der Waals surface area contributed by atoms with Crippen LogP contribution in [0.4, 0.5) is 16.5 Å². The Labute approximate surface area is 165 Å². The maximum Gasteiger partial charge on any atom is 0.293 e. The quantitative estimate of drug-likeness (QED) is 0.454. The number of amides is 1. The summed E-state index contributed by atoms with van der Waals surface area (Å²) in [5.74, 6) is 0.199. The van der Waals surface area contributed by atoms with Crippen LogP contribution >= 0.6 is 11.3 Å². The third-order valence-corrected chi connectivity index (χ3v) is 4.74. The Bertz CT molecular complexity index is 990. The fourth-order valence-electron chi connectivity index (χ4n) is 2.41. The minimum absolute atomic E-state index is 0.125. The molecule has 3 aromatic rings. The number of anilines is 2. The van der Waals surface area contributed by atoms with Crippen molar-refractivity contribution in [1.82, 2.24) is 4.98 Å². The molecular weight excluding hydrogens is 380 g/mol. The van der Waals surface area contributed by atoms with Crippen molar-refractivity contribution in [2.75, 3.05) is 10.6 Å². The van der Waals surface area contributed by atoms with Crippen molar-refractivity contribution in [2.45, 2.75) is 32.7 Å². The number of carbonyl (C=O) groups is 1. The van der Waals surface area contributed by atoms with Crippen molar-refractivity contribution in [1.29, 1.82) is 0 Å². The van der Waals surface area contributed by atoms with E-state index < -0.39 is 10.8 Å². The van der Waals surface area contributed by atoms with Crippen LogP contribution in [0.5, 0.6) is 0 Å². The van der Waals surface area contributed by atoms with E-state index in [0.717, 1.165) is 5.69 Å². The van der Waals surface area contributed by atoms with Gasteiger partial charge in [-0.2, -0.15) is 0 Å². The lowest BCUT2D eigenvalue weighted by Gasteiger charge is -2.14. The van der Waals surface area contributed by atoms with Gasteiger partial charge < -0.3 is 9.73 Å². The first-order valence-electron chi connectivity index (χ1n) is 8.56. The molecule has 0 fully saturated rings. The smallest absolute Gasteiger partial charge is 0.293 e. The minimum Gasteiger partial charge on any atom is -0.467 e. The average Bonchev–Trinajstić information content (AvgIpc) is 3.31. The zero-order valence-electron chi connectivity index (χ0n) is 15.7. The topological polar surface area (TPSA) is 110 Å². The molecule has 0 aliphatic heterocycles. The summed E-state index contributed by atoms with van der Waals surface area (Å²) < 4.78 is 5.21. The lowest BCUT2D eigenvalue weighted by molar-refractivity contribution is -0.384. The molecule has 1 amide bonds. The number of nitrogens with one attached hydrogen (secondary N) is 2. The Balaban J connectivity index is 1.76. The molecule has 0 unspecified atom stereocenters. The first-order chi connectivity index (χ1) is 13.2. The van der Waals surface area contributed by atoms with Crippen LogP contribution in [0.3, 0.4) is 0 Å². The Morgan fingerprint density at radius 3 is 2.71 bits per heavy atom. The van der Waals surface area contributed by atoms with Crippen LogP contribution in [0, 0.1) is 10.1 Å². The Morgan fingerprint density at radius 2 is 2.11 bits per heavy atom. The molecule has 0 aliphatic carbocycles. The second kappa shape index (κ2) is 7.81. The van der Waals surface area contributed by atoms with E-state index in [4.69, 9.17) is 4.42 Å². The fourth-order valence-corrected chi connectivity index (χ4v) is 3.35. The van der Waals surface area contributed by atoms with Gasteiger partial charge in [0.25, 0.3) is 11.6 Å². The van der Waals surface area contributed by atoms with Gasteiger partial charge in [0, 0.05) is 22.4 Å². The molecule has 3 rings (SSSR count). The van der Waals surface area contributed by atoms with Crippen molar-refractivity contribution < 1.29 is 14.1 Å². The number of furan rings is 1. The first-order valence-corrected chi connectivity index (χ1v) is 9.44. The highest BCUT2D eigenvalue weighted by molar-refractivity contribution is 7.14. The van der Waals surface area contributed by atoms with Crippen LogP contribution in [0.2, 0.25) is 0 Å². The molecule has 146 valence electrons. The summed E-state index contributed by atoms with van der Waals surface area (Å²) in [6, 6.07) is 7.80. The molecule has 28 heavy (non-hydrogen) atoms. The number of thiazole rings is 1. The van der Waals surface area contributed by atoms with E-state index in [1.165, 1.54) is 35.8 Å². The Morgan fingerprint density at radius 1 is 1.32 bits per heavy atom. The molecule has 0 spiro atoms. The highest BCUT2D eigenvalue weighted by Gasteiger charge is 2.20. The molecule has 1 aromatic carbocycles. The van der Waals surface area contributed by atoms with Crippen molar-refractivity contribution in [3.05, 3.63) is 69.1 Å². The van der Waals surface area contributed by atoms with E-state index in [-0.39, 0.29) is 16.7 Å². The molecule has 2 heterocycles. The van der Waals surface area contributed by atoms with E-state index in [0.29, 0.717) is 23.1 Å². The summed E-state index contributed by atoms with van der Waals surface area (Å²) in [5, 5.41) is 19.4. The summed E-state index contributed by atoms with van der Waals surface area (Å²) in [6.07, 6.45) is 1.53. The highest BCUT2D eigenvalue weighted by atomic mass is 32.1. The van der Waals surface area contributed by atoms with Crippen LogP contribution in [-0.2, 0) is 12.0 Å². The predicted molar refractivity (Wildman–Crippen MR) is 108 cm³/mol. The van der Waals surface area contributed by atoms with Crippen molar-refractivity contribution in [3.8, 4) is 0 Å². The second-order valence-electron chi connectivity index (χ2n) is 7.16. The summed E-state index contributed by atoms with van der Waals surface area (Å²) in [5.41, 5.74) is 1.05. The molecular formula is C19H20N4O4S. The summed E-state index contributed by atoms with van der Waals surface area (Å²) in [7, 11) is 0. The maximum atomic E-state index is 12.5. The van der Waals surface area contributed by atoms with Crippen molar-refractivity contribution >= 4 is 33.8 Å². The minimum atomic E-state index is -0.525. The normalized spacial score (nSPS) is 11.2. The lowest BCUT2D eigenvalue weighted by atomic mass is 9.93. The zero-order chi connectivity index (χ0) is 20.3. The van der Waals surface area contributed by atoms with Gasteiger partial charge in [0.1, 0.15) is 11.4 Å². The zero-order valence-corrected chi connectivity index (χ0v) is 16.5. The van der Waals surface area contributed by atoms with E-state index in [2.05, 4.69) is 15.6 Å². The van der Waals surface area contributed by atoms with Gasteiger partial charge in [0.15, 0.2) is 5.13 Å². The largest absolute Gasteiger partial charge is 0.467 e. The monoisotopic (exact) mass is 400 g/mol. The number of rotatable bonds is 6. The number of nitrogens with zero attached hydrogens (tertiary/aromatic N) is 2. The molecule has 0 aliphatic rings.